The van der Waals surface area contributed by atoms with E-state index in [1.165, 1.54) is 6.07 Å². The maximum Gasteiger partial charge on any atom is 0.271 e. The number of anilines is 1. The van der Waals surface area contributed by atoms with Gasteiger partial charge >= 0.3 is 0 Å². The molecule has 0 spiro atoms. The molecule has 1 fully saturated rings. The molecule has 5 heteroatoms. The molecule has 1 aliphatic heterocycles. The number of non-ortho nitro benzene ring substituents is 1. The molecule has 0 aliphatic carbocycles. The molecule has 0 amide bonds. The van der Waals surface area contributed by atoms with Crippen LogP contribution < -0.4 is 4.90 Å². The van der Waals surface area contributed by atoms with Crippen LogP contribution in [0.5, 0.6) is 0 Å². The molecule has 1 aromatic rings. The zero-order valence-corrected chi connectivity index (χ0v) is 8.87. The number of nitro groups is 1. The molecule has 1 saturated heterocycles. The quantitative estimate of drug-likeness (QED) is 0.609. The SMILES string of the molecule is O=[N+]([O-])c1cccc(N2CCC(O)CC2)c1. The predicted molar refractivity (Wildman–Crippen MR) is 60.6 cm³/mol. The highest BCUT2D eigenvalue weighted by atomic mass is 16.6. The van der Waals surface area contributed by atoms with Crippen LogP contribution in [0, 0.1) is 10.1 Å². The molecule has 86 valence electrons. The van der Waals surface area contributed by atoms with E-state index in [1.807, 2.05) is 6.07 Å². The smallest absolute Gasteiger partial charge is 0.271 e. The summed E-state index contributed by atoms with van der Waals surface area (Å²) in [7, 11) is 0. The summed E-state index contributed by atoms with van der Waals surface area (Å²) in [6, 6.07) is 6.63. The number of benzene rings is 1. The summed E-state index contributed by atoms with van der Waals surface area (Å²) in [5, 5.41) is 20.0. The van der Waals surface area contributed by atoms with Gasteiger partial charge in [-0.25, -0.2) is 0 Å². The summed E-state index contributed by atoms with van der Waals surface area (Å²) >= 11 is 0. The number of aliphatic hydroxyl groups excluding tert-OH is 1. The number of hydrogen-bond acceptors (Lipinski definition) is 4. The molecule has 1 heterocycles. The van der Waals surface area contributed by atoms with Gasteiger partial charge in [-0.05, 0) is 18.9 Å². The van der Waals surface area contributed by atoms with Gasteiger partial charge in [-0.2, -0.15) is 0 Å². The fraction of sp³-hybridized carbons (Fsp3) is 0.455. The Morgan fingerprint density at radius 1 is 1.38 bits per heavy atom. The highest BCUT2D eigenvalue weighted by Gasteiger charge is 2.18. The lowest BCUT2D eigenvalue weighted by Crippen LogP contribution is -2.35. The van der Waals surface area contributed by atoms with Gasteiger partial charge in [-0.3, -0.25) is 10.1 Å². The summed E-state index contributed by atoms with van der Waals surface area (Å²) in [6.45, 7) is 1.50. The van der Waals surface area contributed by atoms with Crippen molar-refractivity contribution in [3.05, 3.63) is 34.4 Å². The highest BCUT2D eigenvalue weighted by molar-refractivity contribution is 5.53. The van der Waals surface area contributed by atoms with Crippen molar-refractivity contribution in [3.63, 3.8) is 0 Å². The monoisotopic (exact) mass is 222 g/mol. The van der Waals surface area contributed by atoms with Crippen LogP contribution in [0.2, 0.25) is 0 Å². The molecule has 5 nitrogen and oxygen atoms in total. The fourth-order valence-electron chi connectivity index (χ4n) is 1.93. The zero-order chi connectivity index (χ0) is 11.5. The van der Waals surface area contributed by atoms with Crippen molar-refractivity contribution in [3.8, 4) is 0 Å². The van der Waals surface area contributed by atoms with E-state index in [2.05, 4.69) is 4.90 Å². The van der Waals surface area contributed by atoms with Crippen LogP contribution >= 0.6 is 0 Å². The van der Waals surface area contributed by atoms with Gasteiger partial charge in [0, 0.05) is 30.9 Å². The Hall–Kier alpha value is -1.62. The van der Waals surface area contributed by atoms with E-state index in [4.69, 9.17) is 0 Å². The first-order valence-corrected chi connectivity index (χ1v) is 5.34. The highest BCUT2D eigenvalue weighted by Crippen LogP contribution is 2.23. The van der Waals surface area contributed by atoms with Gasteiger partial charge < -0.3 is 10.0 Å². The minimum absolute atomic E-state index is 0.114. The summed E-state index contributed by atoms with van der Waals surface area (Å²) in [5.41, 5.74) is 0.977. The molecule has 2 rings (SSSR count). The number of nitro benzene ring substituents is 1. The molecule has 0 atom stereocenters. The standard InChI is InChI=1S/C11H14N2O3/c14-11-4-6-12(7-5-11)9-2-1-3-10(8-9)13(15)16/h1-3,8,11,14H,4-7H2. The average Bonchev–Trinajstić information content (AvgIpc) is 2.30. The van der Waals surface area contributed by atoms with Crippen LogP contribution in [0.15, 0.2) is 24.3 Å². The van der Waals surface area contributed by atoms with E-state index in [1.54, 1.807) is 12.1 Å². The summed E-state index contributed by atoms with van der Waals surface area (Å²) in [4.78, 5) is 12.3. The largest absolute Gasteiger partial charge is 0.393 e. The second-order valence-electron chi connectivity index (χ2n) is 4.00. The lowest BCUT2D eigenvalue weighted by molar-refractivity contribution is -0.384. The fourth-order valence-corrected chi connectivity index (χ4v) is 1.93. The van der Waals surface area contributed by atoms with Crippen molar-refractivity contribution >= 4 is 11.4 Å². The lowest BCUT2D eigenvalue weighted by Gasteiger charge is -2.31. The van der Waals surface area contributed by atoms with Crippen LogP contribution in [0.1, 0.15) is 12.8 Å². The van der Waals surface area contributed by atoms with Gasteiger partial charge in [0.05, 0.1) is 11.0 Å². The normalized spacial score (nSPS) is 17.4. The van der Waals surface area contributed by atoms with Crippen molar-refractivity contribution in [2.75, 3.05) is 18.0 Å². The molecular formula is C11H14N2O3. The molecule has 0 bridgehead atoms. The van der Waals surface area contributed by atoms with E-state index in [9.17, 15) is 15.2 Å². The van der Waals surface area contributed by atoms with Crippen molar-refractivity contribution in [1.29, 1.82) is 0 Å². The molecule has 0 unspecified atom stereocenters. The predicted octanol–water partition coefficient (Wildman–Crippen LogP) is 1.56. The van der Waals surface area contributed by atoms with Gasteiger partial charge in [-0.1, -0.05) is 6.07 Å². The van der Waals surface area contributed by atoms with Gasteiger partial charge in [0.2, 0.25) is 0 Å². The maximum absolute atomic E-state index is 10.6. The van der Waals surface area contributed by atoms with Crippen molar-refractivity contribution in [2.45, 2.75) is 18.9 Å². The van der Waals surface area contributed by atoms with Gasteiger partial charge in [-0.15, -0.1) is 0 Å². The van der Waals surface area contributed by atoms with E-state index in [0.29, 0.717) is 0 Å². The van der Waals surface area contributed by atoms with E-state index >= 15 is 0 Å². The Bertz CT molecular complexity index is 387. The Kier molecular flexibility index (Phi) is 3.05. The minimum Gasteiger partial charge on any atom is -0.393 e. The van der Waals surface area contributed by atoms with Gasteiger partial charge in [0.15, 0.2) is 0 Å². The van der Waals surface area contributed by atoms with Crippen LogP contribution in [0.25, 0.3) is 0 Å². The summed E-state index contributed by atoms with van der Waals surface area (Å²) in [5.74, 6) is 0. The van der Waals surface area contributed by atoms with E-state index < -0.39 is 0 Å². The number of piperidine rings is 1. The molecule has 16 heavy (non-hydrogen) atoms. The molecule has 0 saturated carbocycles. The van der Waals surface area contributed by atoms with Crippen LogP contribution in [0.4, 0.5) is 11.4 Å². The molecule has 0 radical (unpaired) electrons. The van der Waals surface area contributed by atoms with Gasteiger partial charge in [0.25, 0.3) is 5.69 Å². The summed E-state index contributed by atoms with van der Waals surface area (Å²) < 4.78 is 0. The summed E-state index contributed by atoms with van der Waals surface area (Å²) in [6.07, 6.45) is 1.22. The Balaban J connectivity index is 2.14. The van der Waals surface area contributed by atoms with E-state index in [-0.39, 0.29) is 16.7 Å². The Morgan fingerprint density at radius 2 is 2.06 bits per heavy atom. The number of nitrogens with zero attached hydrogens (tertiary/aromatic N) is 2. The first kappa shape index (κ1) is 10.9. The van der Waals surface area contributed by atoms with Gasteiger partial charge in [0.1, 0.15) is 0 Å². The second-order valence-corrected chi connectivity index (χ2v) is 4.00. The third kappa shape index (κ3) is 2.30. The number of hydrogen-bond donors (Lipinski definition) is 1. The zero-order valence-electron chi connectivity index (χ0n) is 8.87. The van der Waals surface area contributed by atoms with Crippen LogP contribution in [0.3, 0.4) is 0 Å². The Morgan fingerprint density at radius 3 is 2.69 bits per heavy atom. The van der Waals surface area contributed by atoms with Crippen LogP contribution in [-0.2, 0) is 0 Å². The number of aliphatic hydroxyl groups is 1. The van der Waals surface area contributed by atoms with E-state index in [0.717, 1.165) is 31.6 Å². The minimum atomic E-state index is -0.387. The molecular weight excluding hydrogens is 208 g/mol. The average molecular weight is 222 g/mol. The number of rotatable bonds is 2. The maximum atomic E-state index is 10.6. The topological polar surface area (TPSA) is 66.6 Å². The third-order valence-electron chi connectivity index (χ3n) is 2.87. The second kappa shape index (κ2) is 4.49. The van der Waals surface area contributed by atoms with Crippen molar-refractivity contribution < 1.29 is 10.0 Å². The van der Waals surface area contributed by atoms with Crippen molar-refractivity contribution in [1.82, 2.24) is 0 Å². The third-order valence-corrected chi connectivity index (χ3v) is 2.87. The van der Waals surface area contributed by atoms with Crippen molar-refractivity contribution in [2.24, 2.45) is 0 Å². The first-order valence-electron chi connectivity index (χ1n) is 5.34. The molecule has 1 N–H and O–H groups in total. The van der Waals surface area contributed by atoms with Crippen LogP contribution in [-0.4, -0.2) is 29.2 Å². The lowest BCUT2D eigenvalue weighted by atomic mass is 10.1. The molecule has 1 aromatic carbocycles. The molecule has 1 aliphatic rings. The Labute approximate surface area is 93.5 Å². The molecule has 0 aromatic heterocycles. The first-order chi connectivity index (χ1) is 7.66.